The number of carbonyl (C=O) groups excluding carboxylic acids is 1. The number of amides is 1. The number of rotatable bonds is 6. The summed E-state index contributed by atoms with van der Waals surface area (Å²) in [6.07, 6.45) is 3.46. The number of nitrogens with zero attached hydrogens (tertiary/aromatic N) is 4. The molecule has 1 atom stereocenters. The van der Waals surface area contributed by atoms with Gasteiger partial charge in [-0.2, -0.15) is 0 Å². The Bertz CT molecular complexity index is 1130. The number of hydrogen-bond donors (Lipinski definition) is 1. The molecule has 0 saturated carbocycles. The molecule has 0 aliphatic carbocycles. The number of carbonyl (C=O) groups is 1. The summed E-state index contributed by atoms with van der Waals surface area (Å²) in [5, 5.41) is 8.82. The van der Waals surface area contributed by atoms with Gasteiger partial charge in [0, 0.05) is 18.0 Å². The van der Waals surface area contributed by atoms with Gasteiger partial charge in [0.05, 0.1) is 5.69 Å². The number of hydrogen-bond acceptors (Lipinski definition) is 5. The van der Waals surface area contributed by atoms with Crippen LogP contribution >= 0.6 is 11.8 Å². The second-order valence-corrected chi connectivity index (χ2v) is 7.55. The Morgan fingerprint density at radius 1 is 1.00 bits per heavy atom. The van der Waals surface area contributed by atoms with Crippen molar-refractivity contribution in [2.24, 2.45) is 5.73 Å². The molecule has 0 fully saturated rings. The van der Waals surface area contributed by atoms with Crippen molar-refractivity contribution in [3.8, 4) is 17.1 Å². The molecule has 29 heavy (non-hydrogen) atoms. The quantitative estimate of drug-likeness (QED) is 0.494. The Morgan fingerprint density at radius 3 is 2.45 bits per heavy atom. The molecule has 1 amide bonds. The van der Waals surface area contributed by atoms with E-state index >= 15 is 0 Å². The van der Waals surface area contributed by atoms with Gasteiger partial charge in [0.15, 0.2) is 11.0 Å². The predicted octanol–water partition coefficient (Wildman–Crippen LogP) is 3.96. The van der Waals surface area contributed by atoms with Gasteiger partial charge in [0.2, 0.25) is 5.91 Å². The molecule has 144 valence electrons. The molecule has 0 saturated heterocycles. The van der Waals surface area contributed by atoms with Crippen LogP contribution in [0.5, 0.6) is 0 Å². The van der Waals surface area contributed by atoms with Crippen molar-refractivity contribution >= 4 is 17.7 Å². The van der Waals surface area contributed by atoms with Crippen LogP contribution in [0.2, 0.25) is 0 Å². The fourth-order valence-corrected chi connectivity index (χ4v) is 4.08. The molecule has 2 heterocycles. The summed E-state index contributed by atoms with van der Waals surface area (Å²) < 4.78 is 1.95. The van der Waals surface area contributed by atoms with E-state index in [1.54, 1.807) is 12.4 Å². The molecule has 0 bridgehead atoms. The van der Waals surface area contributed by atoms with Crippen molar-refractivity contribution in [3.63, 3.8) is 0 Å². The van der Waals surface area contributed by atoms with Gasteiger partial charge in [0.1, 0.15) is 5.25 Å². The first kappa shape index (κ1) is 18.9. The second kappa shape index (κ2) is 8.28. The van der Waals surface area contributed by atoms with E-state index in [4.69, 9.17) is 5.73 Å². The number of para-hydroxylation sites is 1. The van der Waals surface area contributed by atoms with E-state index in [9.17, 15) is 4.79 Å². The molecule has 2 aromatic heterocycles. The highest BCUT2D eigenvalue weighted by Crippen LogP contribution is 2.37. The van der Waals surface area contributed by atoms with Crippen LogP contribution in [0.4, 0.5) is 0 Å². The Labute approximate surface area is 172 Å². The minimum Gasteiger partial charge on any atom is -0.368 e. The maximum atomic E-state index is 12.2. The highest BCUT2D eigenvalue weighted by molar-refractivity contribution is 8.00. The van der Waals surface area contributed by atoms with E-state index in [-0.39, 0.29) is 0 Å². The van der Waals surface area contributed by atoms with Crippen molar-refractivity contribution in [3.05, 3.63) is 90.3 Å². The van der Waals surface area contributed by atoms with Crippen molar-refractivity contribution in [2.75, 3.05) is 0 Å². The lowest BCUT2D eigenvalue weighted by molar-refractivity contribution is -0.117. The summed E-state index contributed by atoms with van der Waals surface area (Å²) in [6, 6.07) is 21.2. The number of benzene rings is 2. The molecule has 0 aliphatic heterocycles. The Kier molecular flexibility index (Phi) is 5.39. The normalized spacial score (nSPS) is 11.9. The lowest BCUT2D eigenvalue weighted by atomic mass is 10.1. The van der Waals surface area contributed by atoms with Crippen LogP contribution in [-0.2, 0) is 4.79 Å². The van der Waals surface area contributed by atoms with E-state index in [1.165, 1.54) is 11.8 Å². The first-order valence-electron chi connectivity index (χ1n) is 9.08. The first-order chi connectivity index (χ1) is 14.1. The van der Waals surface area contributed by atoms with Crippen LogP contribution in [0.15, 0.2) is 84.3 Å². The van der Waals surface area contributed by atoms with Crippen LogP contribution in [-0.4, -0.2) is 25.7 Å². The molecule has 2 aromatic carbocycles. The van der Waals surface area contributed by atoms with Crippen LogP contribution in [0.3, 0.4) is 0 Å². The van der Waals surface area contributed by atoms with Gasteiger partial charge >= 0.3 is 0 Å². The van der Waals surface area contributed by atoms with Crippen molar-refractivity contribution < 1.29 is 4.79 Å². The fraction of sp³-hybridized carbons (Fsp3) is 0.0909. The van der Waals surface area contributed by atoms with E-state index in [2.05, 4.69) is 15.2 Å². The third-order valence-corrected chi connectivity index (χ3v) is 5.71. The molecule has 1 unspecified atom stereocenters. The molecule has 6 nitrogen and oxygen atoms in total. The van der Waals surface area contributed by atoms with Crippen LogP contribution in [0, 0.1) is 6.92 Å². The zero-order valence-corrected chi connectivity index (χ0v) is 16.6. The molecule has 0 spiro atoms. The molecule has 4 rings (SSSR count). The zero-order valence-electron chi connectivity index (χ0n) is 15.8. The first-order valence-corrected chi connectivity index (χ1v) is 9.96. The van der Waals surface area contributed by atoms with E-state index < -0.39 is 11.2 Å². The molecule has 0 radical (unpaired) electrons. The topological polar surface area (TPSA) is 86.7 Å². The Balaban J connectivity index is 1.85. The number of thioether (sulfide) groups is 1. The van der Waals surface area contributed by atoms with Crippen LogP contribution < -0.4 is 5.73 Å². The van der Waals surface area contributed by atoms with Crippen LogP contribution in [0.25, 0.3) is 17.1 Å². The van der Waals surface area contributed by atoms with Crippen molar-refractivity contribution in [1.82, 2.24) is 19.7 Å². The molecule has 2 N–H and O–H groups in total. The third kappa shape index (κ3) is 3.90. The van der Waals surface area contributed by atoms with Gasteiger partial charge in [-0.1, -0.05) is 60.3 Å². The highest BCUT2D eigenvalue weighted by atomic mass is 32.2. The van der Waals surface area contributed by atoms with Gasteiger partial charge in [-0.3, -0.25) is 14.3 Å². The van der Waals surface area contributed by atoms with Gasteiger partial charge < -0.3 is 5.73 Å². The van der Waals surface area contributed by atoms with Gasteiger partial charge in [-0.25, -0.2) is 0 Å². The summed E-state index contributed by atoms with van der Waals surface area (Å²) in [5.41, 5.74) is 9.39. The predicted molar refractivity (Wildman–Crippen MR) is 114 cm³/mol. The SMILES string of the molecule is Cc1ccccc1-n1c(SC(C(N)=O)c2ccccc2)nnc1-c1cccnc1. The Hall–Kier alpha value is -3.45. The van der Waals surface area contributed by atoms with Gasteiger partial charge in [0.25, 0.3) is 0 Å². The van der Waals surface area contributed by atoms with Gasteiger partial charge in [-0.05, 0) is 36.2 Å². The molecule has 4 aromatic rings. The minimum absolute atomic E-state index is 0.427. The monoisotopic (exact) mass is 401 g/mol. The summed E-state index contributed by atoms with van der Waals surface area (Å²) in [6.45, 7) is 2.03. The molecular weight excluding hydrogens is 382 g/mol. The second-order valence-electron chi connectivity index (χ2n) is 6.48. The molecule has 7 heteroatoms. The number of primary amides is 1. The number of pyridine rings is 1. The fourth-order valence-electron chi connectivity index (χ4n) is 3.08. The largest absolute Gasteiger partial charge is 0.368 e. The maximum absolute atomic E-state index is 12.2. The van der Waals surface area contributed by atoms with Crippen LogP contribution in [0.1, 0.15) is 16.4 Å². The lowest BCUT2D eigenvalue weighted by Crippen LogP contribution is -2.19. The smallest absolute Gasteiger partial charge is 0.235 e. The van der Waals surface area contributed by atoms with E-state index in [1.807, 2.05) is 78.2 Å². The number of aromatic nitrogens is 4. The summed E-state index contributed by atoms with van der Waals surface area (Å²) >= 11 is 1.29. The summed E-state index contributed by atoms with van der Waals surface area (Å²) in [7, 11) is 0. The highest BCUT2D eigenvalue weighted by Gasteiger charge is 2.25. The summed E-state index contributed by atoms with van der Waals surface area (Å²) in [5.74, 6) is 0.231. The summed E-state index contributed by atoms with van der Waals surface area (Å²) in [4.78, 5) is 16.4. The number of aryl methyl sites for hydroxylation is 1. The lowest BCUT2D eigenvalue weighted by Gasteiger charge is -2.16. The van der Waals surface area contributed by atoms with E-state index in [0.29, 0.717) is 11.0 Å². The average Bonchev–Trinajstić information content (AvgIpc) is 3.17. The third-order valence-electron chi connectivity index (χ3n) is 4.49. The standard InChI is InChI=1S/C22H19N5OS/c1-15-8-5-6-12-18(15)27-21(17-11-7-13-24-14-17)25-26-22(27)29-19(20(23)28)16-9-3-2-4-10-16/h2-14,19H,1H3,(H2,23,28). The van der Waals surface area contributed by atoms with E-state index in [0.717, 1.165) is 22.4 Å². The zero-order chi connectivity index (χ0) is 20.2. The van der Waals surface area contributed by atoms with Crippen molar-refractivity contribution in [2.45, 2.75) is 17.3 Å². The Morgan fingerprint density at radius 2 is 1.76 bits per heavy atom. The number of nitrogens with two attached hydrogens (primary N) is 1. The average molecular weight is 401 g/mol. The van der Waals surface area contributed by atoms with Crippen molar-refractivity contribution in [1.29, 1.82) is 0 Å². The minimum atomic E-state index is -0.579. The molecular formula is C22H19N5OS. The maximum Gasteiger partial charge on any atom is 0.235 e. The van der Waals surface area contributed by atoms with Gasteiger partial charge in [-0.15, -0.1) is 10.2 Å². The molecule has 0 aliphatic rings.